The highest BCUT2D eigenvalue weighted by atomic mass is 16.4. The number of carbonyl (C=O) groups excluding carboxylic acids is 1. The minimum atomic E-state index is -0.162. The lowest BCUT2D eigenvalue weighted by atomic mass is 10.2. The SMILES string of the molecule is CCCCc1oc(-c2ccccc2)nc1C(=O)NCC. The Morgan fingerprint density at radius 3 is 2.65 bits per heavy atom. The molecule has 1 aromatic heterocycles. The van der Waals surface area contributed by atoms with Crippen LogP contribution in [0.1, 0.15) is 42.9 Å². The Kier molecular flexibility index (Phi) is 4.93. The molecule has 4 nitrogen and oxygen atoms in total. The Bertz CT molecular complexity index is 561. The minimum absolute atomic E-state index is 0.162. The second-order valence-electron chi connectivity index (χ2n) is 4.62. The third kappa shape index (κ3) is 3.26. The standard InChI is InChI=1S/C16H20N2O2/c1-3-5-11-13-14(15(19)17-4-2)18-16(20-13)12-9-7-6-8-10-12/h6-10H,3-5,11H2,1-2H3,(H,17,19). The van der Waals surface area contributed by atoms with Gasteiger partial charge in [-0.3, -0.25) is 4.79 Å². The van der Waals surface area contributed by atoms with Crippen LogP contribution in [0.5, 0.6) is 0 Å². The van der Waals surface area contributed by atoms with Crippen molar-refractivity contribution in [3.8, 4) is 11.5 Å². The number of rotatable bonds is 6. The number of hydrogen-bond donors (Lipinski definition) is 1. The number of aryl methyl sites for hydroxylation is 1. The van der Waals surface area contributed by atoms with E-state index in [1.165, 1.54) is 0 Å². The van der Waals surface area contributed by atoms with E-state index >= 15 is 0 Å². The van der Waals surface area contributed by atoms with Crippen molar-refractivity contribution in [1.82, 2.24) is 10.3 Å². The molecule has 1 N–H and O–H groups in total. The van der Waals surface area contributed by atoms with Crippen LogP contribution in [0.25, 0.3) is 11.5 Å². The monoisotopic (exact) mass is 272 g/mol. The maximum Gasteiger partial charge on any atom is 0.273 e. The van der Waals surface area contributed by atoms with Crippen molar-refractivity contribution in [2.75, 3.05) is 6.54 Å². The van der Waals surface area contributed by atoms with Gasteiger partial charge in [-0.2, -0.15) is 0 Å². The Morgan fingerprint density at radius 2 is 2.00 bits per heavy atom. The van der Waals surface area contributed by atoms with Crippen LogP contribution in [0.3, 0.4) is 0 Å². The molecule has 1 heterocycles. The fraction of sp³-hybridized carbons (Fsp3) is 0.375. The van der Waals surface area contributed by atoms with Gasteiger partial charge < -0.3 is 9.73 Å². The normalized spacial score (nSPS) is 10.5. The zero-order chi connectivity index (χ0) is 14.4. The number of carbonyl (C=O) groups is 1. The molecule has 2 rings (SSSR count). The fourth-order valence-electron chi connectivity index (χ4n) is 1.98. The first-order chi connectivity index (χ1) is 9.76. The van der Waals surface area contributed by atoms with Crippen LogP contribution in [0, 0.1) is 0 Å². The lowest BCUT2D eigenvalue weighted by Gasteiger charge is -2.00. The van der Waals surface area contributed by atoms with Crippen molar-refractivity contribution in [3.63, 3.8) is 0 Å². The highest BCUT2D eigenvalue weighted by molar-refractivity contribution is 5.93. The van der Waals surface area contributed by atoms with Gasteiger partial charge in [0, 0.05) is 18.5 Å². The molecule has 0 aliphatic heterocycles. The number of unbranched alkanes of at least 4 members (excludes halogenated alkanes) is 1. The molecule has 0 aliphatic rings. The molecule has 0 unspecified atom stereocenters. The van der Waals surface area contributed by atoms with Crippen molar-refractivity contribution < 1.29 is 9.21 Å². The fourth-order valence-corrected chi connectivity index (χ4v) is 1.98. The molecule has 0 aliphatic carbocycles. The lowest BCUT2D eigenvalue weighted by molar-refractivity contribution is 0.0949. The van der Waals surface area contributed by atoms with E-state index in [1.807, 2.05) is 37.3 Å². The van der Waals surface area contributed by atoms with Gasteiger partial charge in [-0.05, 0) is 25.5 Å². The molecule has 1 amide bonds. The molecule has 0 saturated heterocycles. The van der Waals surface area contributed by atoms with Gasteiger partial charge in [0.25, 0.3) is 5.91 Å². The Balaban J connectivity index is 2.33. The number of aromatic nitrogens is 1. The number of nitrogens with zero attached hydrogens (tertiary/aromatic N) is 1. The van der Waals surface area contributed by atoms with Gasteiger partial charge in [-0.1, -0.05) is 31.5 Å². The molecule has 0 spiro atoms. The largest absolute Gasteiger partial charge is 0.440 e. The number of hydrogen-bond acceptors (Lipinski definition) is 3. The van der Waals surface area contributed by atoms with Crippen LogP contribution in [0.15, 0.2) is 34.7 Å². The van der Waals surface area contributed by atoms with E-state index in [-0.39, 0.29) is 5.91 Å². The van der Waals surface area contributed by atoms with E-state index < -0.39 is 0 Å². The van der Waals surface area contributed by atoms with Gasteiger partial charge in [0.05, 0.1) is 0 Å². The smallest absolute Gasteiger partial charge is 0.273 e. The van der Waals surface area contributed by atoms with Crippen molar-refractivity contribution >= 4 is 5.91 Å². The Morgan fingerprint density at radius 1 is 1.25 bits per heavy atom. The predicted octanol–water partition coefficient (Wildman–Crippen LogP) is 3.43. The average Bonchev–Trinajstić information content (AvgIpc) is 2.90. The maximum atomic E-state index is 12.0. The van der Waals surface area contributed by atoms with E-state index in [4.69, 9.17) is 4.42 Å². The molecule has 20 heavy (non-hydrogen) atoms. The molecule has 0 radical (unpaired) electrons. The minimum Gasteiger partial charge on any atom is -0.440 e. The van der Waals surface area contributed by atoms with Gasteiger partial charge in [-0.15, -0.1) is 0 Å². The van der Waals surface area contributed by atoms with Gasteiger partial charge in [-0.25, -0.2) is 4.98 Å². The van der Waals surface area contributed by atoms with Crippen LogP contribution in [0.4, 0.5) is 0 Å². The zero-order valence-electron chi connectivity index (χ0n) is 12.0. The summed E-state index contributed by atoms with van der Waals surface area (Å²) in [6, 6.07) is 9.65. The van der Waals surface area contributed by atoms with E-state index in [0.29, 0.717) is 23.9 Å². The summed E-state index contributed by atoms with van der Waals surface area (Å²) in [5.41, 5.74) is 1.31. The Labute approximate surface area is 119 Å². The highest BCUT2D eigenvalue weighted by Crippen LogP contribution is 2.23. The highest BCUT2D eigenvalue weighted by Gasteiger charge is 2.19. The molecule has 0 atom stereocenters. The molecule has 0 fully saturated rings. The average molecular weight is 272 g/mol. The summed E-state index contributed by atoms with van der Waals surface area (Å²) in [6.45, 7) is 4.58. The van der Waals surface area contributed by atoms with E-state index in [1.54, 1.807) is 0 Å². The van der Waals surface area contributed by atoms with Gasteiger partial charge in [0.1, 0.15) is 5.76 Å². The first-order valence-corrected chi connectivity index (χ1v) is 7.09. The summed E-state index contributed by atoms with van der Waals surface area (Å²) in [5.74, 6) is 1.03. The third-order valence-corrected chi connectivity index (χ3v) is 3.03. The lowest BCUT2D eigenvalue weighted by Crippen LogP contribution is -2.24. The van der Waals surface area contributed by atoms with Gasteiger partial charge in [0.15, 0.2) is 5.69 Å². The number of nitrogens with one attached hydrogen (secondary N) is 1. The van der Waals surface area contributed by atoms with Crippen LogP contribution in [0.2, 0.25) is 0 Å². The topological polar surface area (TPSA) is 55.1 Å². The predicted molar refractivity (Wildman–Crippen MR) is 78.6 cm³/mol. The summed E-state index contributed by atoms with van der Waals surface area (Å²) in [7, 11) is 0. The van der Waals surface area contributed by atoms with Gasteiger partial charge in [0.2, 0.25) is 5.89 Å². The second kappa shape index (κ2) is 6.89. The van der Waals surface area contributed by atoms with Gasteiger partial charge >= 0.3 is 0 Å². The van der Waals surface area contributed by atoms with E-state index in [0.717, 1.165) is 24.8 Å². The summed E-state index contributed by atoms with van der Waals surface area (Å²) >= 11 is 0. The number of oxazole rings is 1. The summed E-state index contributed by atoms with van der Waals surface area (Å²) < 4.78 is 5.80. The van der Waals surface area contributed by atoms with Crippen molar-refractivity contribution in [2.45, 2.75) is 33.1 Å². The molecular formula is C16H20N2O2. The van der Waals surface area contributed by atoms with Crippen LogP contribution >= 0.6 is 0 Å². The van der Waals surface area contributed by atoms with Crippen LogP contribution < -0.4 is 5.32 Å². The first kappa shape index (κ1) is 14.3. The summed E-state index contributed by atoms with van der Waals surface area (Å²) in [4.78, 5) is 16.4. The van der Waals surface area contributed by atoms with Crippen molar-refractivity contribution in [2.24, 2.45) is 0 Å². The van der Waals surface area contributed by atoms with E-state index in [2.05, 4.69) is 17.2 Å². The number of benzene rings is 1. The Hall–Kier alpha value is -2.10. The van der Waals surface area contributed by atoms with Crippen LogP contribution in [-0.4, -0.2) is 17.4 Å². The number of amides is 1. The van der Waals surface area contributed by atoms with Crippen molar-refractivity contribution in [1.29, 1.82) is 0 Å². The molecule has 2 aromatic rings. The van der Waals surface area contributed by atoms with Crippen molar-refractivity contribution in [3.05, 3.63) is 41.8 Å². The molecule has 106 valence electrons. The first-order valence-electron chi connectivity index (χ1n) is 7.09. The molecule has 4 heteroatoms. The summed E-state index contributed by atoms with van der Waals surface area (Å²) in [6.07, 6.45) is 2.77. The zero-order valence-corrected chi connectivity index (χ0v) is 12.0. The molecule has 0 saturated carbocycles. The summed E-state index contributed by atoms with van der Waals surface area (Å²) in [5, 5.41) is 2.78. The molecule has 0 bridgehead atoms. The van der Waals surface area contributed by atoms with Crippen LogP contribution in [-0.2, 0) is 6.42 Å². The quantitative estimate of drug-likeness (QED) is 0.876. The molecule has 1 aromatic carbocycles. The molecular weight excluding hydrogens is 252 g/mol. The second-order valence-corrected chi connectivity index (χ2v) is 4.62. The third-order valence-electron chi connectivity index (χ3n) is 3.03. The van der Waals surface area contributed by atoms with E-state index in [9.17, 15) is 4.79 Å². The maximum absolute atomic E-state index is 12.0.